The number of benzene rings is 6. The minimum Gasteiger partial charge on any atom is -0.507 e. The number of rotatable bonds is 6. The van der Waals surface area contributed by atoms with Gasteiger partial charge in [0.15, 0.2) is 0 Å². The van der Waals surface area contributed by atoms with E-state index in [0.717, 1.165) is 11.1 Å². The molecule has 0 fully saturated rings. The molecule has 0 saturated carbocycles. The molecule has 2 heterocycles. The Morgan fingerprint density at radius 1 is 0.667 bits per heavy atom. The third-order valence-electron chi connectivity index (χ3n) is 8.94. The molecule has 1 N–H and O–H groups in total. The van der Waals surface area contributed by atoms with E-state index in [1.54, 1.807) is 42.5 Å². The summed E-state index contributed by atoms with van der Waals surface area (Å²) >= 11 is 0. The molecule has 0 spiro atoms. The average molecular weight is 672 g/mol. The summed E-state index contributed by atoms with van der Waals surface area (Å²) in [6, 6.07) is 31.3. The molecule has 4 nitrogen and oxygen atoms in total. The first-order chi connectivity index (χ1) is 28.8. The van der Waals surface area contributed by atoms with E-state index >= 15 is 0 Å². The molecule has 248 valence electrons. The fraction of sp³-hybridized carbons (Fsp3) is 0.106. The summed E-state index contributed by atoms with van der Waals surface area (Å²) in [6.07, 6.45) is -0.248. The van der Waals surface area contributed by atoms with Crippen LogP contribution >= 0.6 is 0 Å². The number of imidazole rings is 1. The van der Waals surface area contributed by atoms with Gasteiger partial charge in [0.25, 0.3) is 0 Å². The number of aryl methyl sites for hydroxylation is 1. The van der Waals surface area contributed by atoms with Crippen LogP contribution in [0.25, 0.3) is 72.7 Å². The summed E-state index contributed by atoms with van der Waals surface area (Å²) in [5.74, 6) is 0.407. The number of hydrogen-bond donors (Lipinski definition) is 1. The van der Waals surface area contributed by atoms with Gasteiger partial charge >= 0.3 is 0 Å². The van der Waals surface area contributed by atoms with Crippen LogP contribution in [0.15, 0.2) is 158 Å². The monoisotopic (exact) mass is 671 g/mol. The minimum atomic E-state index is -2.37. The molecule has 8 rings (SSSR count). The topological polar surface area (TPSA) is 50.9 Å². The van der Waals surface area contributed by atoms with Gasteiger partial charge in [0.2, 0.25) is 0 Å². The van der Waals surface area contributed by atoms with Gasteiger partial charge in [-0.15, -0.1) is 0 Å². The number of pyridine rings is 1. The number of phenolic OH excluding ortho intramolecular Hbond substituents is 1. The first kappa shape index (κ1) is 22.5. The van der Waals surface area contributed by atoms with Crippen molar-refractivity contribution in [1.82, 2.24) is 14.5 Å². The van der Waals surface area contributed by atoms with Crippen molar-refractivity contribution in [3.8, 4) is 67.5 Å². The fourth-order valence-corrected chi connectivity index (χ4v) is 6.36. The molecule has 0 saturated heterocycles. The summed E-state index contributed by atoms with van der Waals surface area (Å²) in [5, 5.41) is 11.3. The zero-order valence-corrected chi connectivity index (χ0v) is 28.3. The molecule has 2 aromatic heterocycles. The van der Waals surface area contributed by atoms with Gasteiger partial charge in [-0.2, -0.15) is 0 Å². The lowest BCUT2D eigenvalue weighted by Gasteiger charge is -2.22. The number of hydrogen-bond acceptors (Lipinski definition) is 3. The zero-order chi connectivity index (χ0) is 43.7. The molecule has 0 unspecified atom stereocenters. The Morgan fingerprint density at radius 3 is 2.22 bits per heavy atom. The number of nitrogens with zero attached hydrogens (tertiary/aromatic N) is 3. The van der Waals surface area contributed by atoms with Gasteiger partial charge < -0.3 is 5.11 Å². The number of aromatic nitrogens is 3. The molecule has 6 aromatic carbocycles. The fourth-order valence-electron chi connectivity index (χ4n) is 6.36. The summed E-state index contributed by atoms with van der Waals surface area (Å²) in [5.41, 5.74) is 6.10. The second-order valence-electron chi connectivity index (χ2n) is 13.4. The lowest BCUT2D eigenvalue weighted by Crippen LogP contribution is -2.11. The van der Waals surface area contributed by atoms with Crippen molar-refractivity contribution in [2.45, 2.75) is 33.0 Å². The van der Waals surface area contributed by atoms with E-state index in [1.807, 2.05) is 92.1 Å². The molecular formula is C47H39N3O. The largest absolute Gasteiger partial charge is 0.507 e. The van der Waals surface area contributed by atoms with Gasteiger partial charge in [-0.1, -0.05) is 123 Å². The Bertz CT molecular complexity index is 3010. The molecule has 0 aliphatic carbocycles. The van der Waals surface area contributed by atoms with E-state index in [9.17, 15) is 6.48 Å². The number of aromatic hydroxyl groups is 1. The lowest BCUT2D eigenvalue weighted by atomic mass is 9.83. The van der Waals surface area contributed by atoms with Crippen molar-refractivity contribution >= 4 is 11.0 Å². The van der Waals surface area contributed by atoms with Crippen molar-refractivity contribution in [1.29, 1.82) is 0 Å². The van der Waals surface area contributed by atoms with Crippen LogP contribution in [-0.2, 0) is 5.41 Å². The predicted molar refractivity (Wildman–Crippen MR) is 211 cm³/mol. The van der Waals surface area contributed by atoms with Crippen LogP contribution in [0, 0.1) is 6.85 Å². The van der Waals surface area contributed by atoms with E-state index in [1.165, 1.54) is 6.07 Å². The maximum atomic E-state index is 11.3. The third kappa shape index (κ3) is 6.10. The summed E-state index contributed by atoms with van der Waals surface area (Å²) in [6.45, 7) is 3.77. The van der Waals surface area contributed by atoms with E-state index in [-0.39, 0.29) is 40.3 Å². The maximum Gasteiger partial charge on any atom is 0.149 e. The Balaban J connectivity index is 1.42. The third-order valence-corrected chi connectivity index (χ3v) is 8.94. The van der Waals surface area contributed by atoms with E-state index in [2.05, 4.69) is 4.98 Å². The van der Waals surface area contributed by atoms with E-state index in [0.29, 0.717) is 50.4 Å². The highest BCUT2D eigenvalue weighted by Crippen LogP contribution is 2.41. The van der Waals surface area contributed by atoms with Crippen LogP contribution in [0.2, 0.25) is 0 Å². The van der Waals surface area contributed by atoms with Crippen molar-refractivity contribution in [2.75, 3.05) is 0 Å². The molecule has 51 heavy (non-hydrogen) atoms. The van der Waals surface area contributed by atoms with Gasteiger partial charge in [0, 0.05) is 27.0 Å². The second kappa shape index (κ2) is 12.9. The van der Waals surface area contributed by atoms with Crippen LogP contribution in [-0.4, -0.2) is 19.6 Å². The standard InChI is InChI=1S/C47H39N3O/c1-31-22-23-42(40(26-31)33-16-9-6-10-17-33)50-43-20-13-19-38(45(43)49-46(50)39-18-11-12-21-44(39)51)35-27-36(29-37(28-35)47(2,3)4)41-30-34(24-25-48-41)32-14-7-5-8-15-32/h5-30,51H,1-4H3/i1D3,5D,7D,8D,14D,15D,25D,30D. The van der Waals surface area contributed by atoms with Crippen molar-refractivity contribution in [2.24, 2.45) is 0 Å². The normalized spacial score (nSPS) is 14.6. The predicted octanol–water partition coefficient (Wildman–Crippen LogP) is 12.1. The first-order valence-corrected chi connectivity index (χ1v) is 16.6. The van der Waals surface area contributed by atoms with Crippen LogP contribution in [0.5, 0.6) is 5.75 Å². The Kier molecular flexibility index (Phi) is 5.67. The number of phenols is 1. The van der Waals surface area contributed by atoms with Crippen molar-refractivity contribution in [3.05, 3.63) is 169 Å². The Morgan fingerprint density at radius 2 is 1.43 bits per heavy atom. The summed E-state index contributed by atoms with van der Waals surface area (Å²) < 4.78 is 86.5. The van der Waals surface area contributed by atoms with Crippen LogP contribution in [0.1, 0.15) is 45.6 Å². The quantitative estimate of drug-likeness (QED) is 0.191. The molecular weight excluding hydrogens is 623 g/mol. The van der Waals surface area contributed by atoms with Crippen LogP contribution < -0.4 is 0 Å². The molecule has 0 aliphatic heterocycles. The summed E-state index contributed by atoms with van der Waals surface area (Å²) in [7, 11) is 0. The molecule has 4 heteroatoms. The average Bonchev–Trinajstić information content (AvgIpc) is 3.62. The summed E-state index contributed by atoms with van der Waals surface area (Å²) in [4.78, 5) is 9.72. The van der Waals surface area contributed by atoms with Crippen LogP contribution in [0.4, 0.5) is 0 Å². The molecule has 8 aromatic rings. The Hall–Kier alpha value is -6.26. The van der Waals surface area contributed by atoms with Crippen LogP contribution in [0.3, 0.4) is 0 Å². The van der Waals surface area contributed by atoms with E-state index in [4.69, 9.17) is 17.3 Å². The molecule has 0 bridgehead atoms. The van der Waals surface area contributed by atoms with Crippen molar-refractivity contribution in [3.63, 3.8) is 0 Å². The highest BCUT2D eigenvalue weighted by molar-refractivity contribution is 5.97. The lowest BCUT2D eigenvalue weighted by molar-refractivity contribution is 0.477. The molecule has 0 amide bonds. The SMILES string of the molecule is [2H]c1cc(-c2c([2H])c([2H])c([2H])c([2H])c2[2H])c([2H])c(-c2cc(-c3cccc4c3nc(-c3ccccc3O)n4-c3ccc(C([2H])([2H])[2H])cc3-c3ccccc3)cc(C(C)(C)C)c2)n1. The second-order valence-corrected chi connectivity index (χ2v) is 13.4. The first-order valence-electron chi connectivity index (χ1n) is 21.6. The maximum absolute atomic E-state index is 11.3. The smallest absolute Gasteiger partial charge is 0.149 e. The molecule has 0 radical (unpaired) electrons. The highest BCUT2D eigenvalue weighted by atomic mass is 16.3. The van der Waals surface area contributed by atoms with Gasteiger partial charge in [-0.05, 0) is 94.7 Å². The van der Waals surface area contributed by atoms with Gasteiger partial charge in [0.05, 0.1) is 37.6 Å². The highest BCUT2D eigenvalue weighted by Gasteiger charge is 2.23. The minimum absolute atomic E-state index is 0.00256. The number of fused-ring (bicyclic) bond motifs is 1. The number of para-hydroxylation sites is 2. The van der Waals surface area contributed by atoms with E-state index < -0.39 is 42.5 Å². The zero-order valence-electron chi connectivity index (χ0n) is 38.3. The Labute approximate surface area is 313 Å². The van der Waals surface area contributed by atoms with Crippen molar-refractivity contribution < 1.29 is 18.8 Å². The molecule has 0 aliphatic rings. The molecule has 0 atom stereocenters. The van der Waals surface area contributed by atoms with Gasteiger partial charge in [-0.3, -0.25) is 9.55 Å². The van der Waals surface area contributed by atoms with Gasteiger partial charge in [-0.25, -0.2) is 4.98 Å². The van der Waals surface area contributed by atoms with Gasteiger partial charge in [0.1, 0.15) is 11.6 Å².